The van der Waals surface area contributed by atoms with E-state index in [0.29, 0.717) is 15.8 Å². The van der Waals surface area contributed by atoms with E-state index in [1.54, 1.807) is 26.3 Å². The first-order valence-electron chi connectivity index (χ1n) is 7.64. The van der Waals surface area contributed by atoms with Crippen molar-refractivity contribution in [2.75, 3.05) is 14.2 Å². The van der Waals surface area contributed by atoms with Gasteiger partial charge in [0.05, 0.1) is 17.7 Å². The van der Waals surface area contributed by atoms with Crippen LogP contribution in [0.15, 0.2) is 52.4 Å². The van der Waals surface area contributed by atoms with Gasteiger partial charge in [0.15, 0.2) is 5.17 Å². The fourth-order valence-corrected chi connectivity index (χ4v) is 3.34. The van der Waals surface area contributed by atoms with Crippen LogP contribution in [0.5, 0.6) is 5.75 Å². The number of methoxy groups -OCH3 is 1. The lowest BCUT2D eigenvalue weighted by Gasteiger charge is -2.07. The lowest BCUT2D eigenvalue weighted by Crippen LogP contribution is -2.23. The fraction of sp³-hybridized carbons (Fsp3) is 0.158. The van der Waals surface area contributed by atoms with Gasteiger partial charge < -0.3 is 4.74 Å². The Morgan fingerprint density at radius 1 is 1.20 bits per heavy atom. The number of benzene rings is 2. The number of hydrogen-bond acceptors (Lipinski definition) is 4. The molecule has 2 aromatic carbocycles. The topological polar surface area (TPSA) is 41.9 Å². The average molecular weight is 356 g/mol. The number of nitrogens with zero attached hydrogens (tertiary/aromatic N) is 2. The van der Waals surface area contributed by atoms with Crippen molar-refractivity contribution in [3.05, 3.63) is 64.3 Å². The molecule has 0 saturated carbocycles. The number of likely N-dealkylation sites (N-methyl/N-ethyl adjacent to an activating group) is 1. The second-order valence-corrected chi connectivity index (χ2v) is 6.58. The van der Waals surface area contributed by atoms with Gasteiger partial charge in [0.1, 0.15) is 11.6 Å². The minimum absolute atomic E-state index is 0.120. The van der Waals surface area contributed by atoms with Crippen LogP contribution in [0.4, 0.5) is 10.1 Å². The third kappa shape index (κ3) is 3.74. The van der Waals surface area contributed by atoms with Crippen molar-refractivity contribution in [2.24, 2.45) is 4.99 Å². The number of thioether (sulfide) groups is 1. The minimum atomic E-state index is -0.318. The van der Waals surface area contributed by atoms with E-state index >= 15 is 0 Å². The Morgan fingerprint density at radius 2 is 1.92 bits per heavy atom. The summed E-state index contributed by atoms with van der Waals surface area (Å²) < 4.78 is 18.3. The Bertz CT molecular complexity index is 875. The maximum Gasteiger partial charge on any atom is 0.266 e. The van der Waals surface area contributed by atoms with E-state index in [0.717, 1.165) is 16.9 Å². The van der Waals surface area contributed by atoms with Gasteiger partial charge in [-0.1, -0.05) is 12.1 Å². The molecule has 0 atom stereocenters. The van der Waals surface area contributed by atoms with Gasteiger partial charge in [-0.15, -0.1) is 0 Å². The van der Waals surface area contributed by atoms with Crippen molar-refractivity contribution >= 4 is 34.6 Å². The highest BCUT2D eigenvalue weighted by Crippen LogP contribution is 2.33. The normalized spacial score (nSPS) is 17.6. The van der Waals surface area contributed by atoms with Crippen LogP contribution in [0, 0.1) is 12.7 Å². The van der Waals surface area contributed by atoms with Gasteiger partial charge in [0, 0.05) is 7.05 Å². The van der Waals surface area contributed by atoms with Crippen LogP contribution in [0.1, 0.15) is 11.1 Å². The Morgan fingerprint density at radius 3 is 2.60 bits per heavy atom. The first-order valence-corrected chi connectivity index (χ1v) is 8.46. The smallest absolute Gasteiger partial charge is 0.266 e. The van der Waals surface area contributed by atoms with Crippen LogP contribution >= 0.6 is 11.8 Å². The molecule has 0 unspecified atom stereocenters. The van der Waals surface area contributed by atoms with Crippen LogP contribution in [-0.2, 0) is 4.79 Å². The van der Waals surface area contributed by atoms with Crippen LogP contribution in [0.3, 0.4) is 0 Å². The number of hydrogen-bond donors (Lipinski definition) is 0. The summed E-state index contributed by atoms with van der Waals surface area (Å²) in [5.41, 5.74) is 2.52. The van der Waals surface area contributed by atoms with E-state index in [9.17, 15) is 9.18 Å². The standard InChI is InChI=1S/C19H17FN2O2S/c1-12-4-5-13(10-16(12)24-3)11-17-18(23)22(2)19(25-17)21-15-8-6-14(20)7-9-15/h4-11H,1-3H3/b17-11+,21-19?. The van der Waals surface area contributed by atoms with Gasteiger partial charge in [-0.25, -0.2) is 9.38 Å². The van der Waals surface area contributed by atoms with Gasteiger partial charge in [-0.3, -0.25) is 9.69 Å². The molecular formula is C19H17FN2O2S. The largest absolute Gasteiger partial charge is 0.496 e. The molecule has 0 aliphatic carbocycles. The Hall–Kier alpha value is -2.60. The summed E-state index contributed by atoms with van der Waals surface area (Å²) in [7, 11) is 3.30. The molecular weight excluding hydrogens is 339 g/mol. The summed E-state index contributed by atoms with van der Waals surface area (Å²) in [5.74, 6) is 0.338. The highest BCUT2D eigenvalue weighted by Gasteiger charge is 2.30. The molecule has 128 valence electrons. The average Bonchev–Trinajstić information content (AvgIpc) is 2.86. The summed E-state index contributed by atoms with van der Waals surface area (Å²) in [6, 6.07) is 11.6. The van der Waals surface area contributed by atoms with Crippen LogP contribution in [0.2, 0.25) is 0 Å². The second kappa shape index (κ2) is 7.11. The van der Waals surface area contributed by atoms with Crippen molar-refractivity contribution in [1.29, 1.82) is 0 Å². The van der Waals surface area contributed by atoms with E-state index < -0.39 is 0 Å². The predicted octanol–water partition coefficient (Wildman–Crippen LogP) is 4.38. The number of ether oxygens (including phenoxy) is 1. The predicted molar refractivity (Wildman–Crippen MR) is 99.6 cm³/mol. The van der Waals surface area contributed by atoms with Gasteiger partial charge in [0.2, 0.25) is 0 Å². The Kier molecular flexibility index (Phi) is 4.90. The van der Waals surface area contributed by atoms with Crippen molar-refractivity contribution in [1.82, 2.24) is 4.90 Å². The van der Waals surface area contributed by atoms with Gasteiger partial charge in [-0.05, 0) is 66.2 Å². The molecule has 1 heterocycles. The van der Waals surface area contributed by atoms with Crippen molar-refractivity contribution in [3.8, 4) is 5.75 Å². The minimum Gasteiger partial charge on any atom is -0.496 e. The Balaban J connectivity index is 1.89. The molecule has 2 aromatic rings. The van der Waals surface area contributed by atoms with Gasteiger partial charge in [0.25, 0.3) is 5.91 Å². The van der Waals surface area contributed by atoms with Crippen LogP contribution < -0.4 is 4.74 Å². The van der Waals surface area contributed by atoms with Crippen molar-refractivity contribution in [3.63, 3.8) is 0 Å². The molecule has 4 nitrogen and oxygen atoms in total. The van der Waals surface area contributed by atoms with E-state index in [4.69, 9.17) is 4.74 Å². The lowest BCUT2D eigenvalue weighted by molar-refractivity contribution is -0.121. The number of rotatable bonds is 3. The highest BCUT2D eigenvalue weighted by atomic mass is 32.2. The molecule has 0 bridgehead atoms. The fourth-order valence-electron chi connectivity index (χ4n) is 2.36. The molecule has 1 fully saturated rings. The summed E-state index contributed by atoms with van der Waals surface area (Å²) >= 11 is 1.29. The molecule has 1 aliphatic heterocycles. The maximum absolute atomic E-state index is 13.0. The van der Waals surface area contributed by atoms with E-state index in [1.807, 2.05) is 31.2 Å². The zero-order valence-corrected chi connectivity index (χ0v) is 14.9. The Labute approximate surface area is 150 Å². The summed E-state index contributed by atoms with van der Waals surface area (Å²) in [4.78, 5) is 18.9. The summed E-state index contributed by atoms with van der Waals surface area (Å²) in [6.07, 6.45) is 1.82. The van der Waals surface area contributed by atoms with Crippen molar-refractivity contribution in [2.45, 2.75) is 6.92 Å². The molecule has 1 aliphatic rings. The zero-order valence-electron chi connectivity index (χ0n) is 14.1. The number of aliphatic imine (C=N–C) groups is 1. The molecule has 1 saturated heterocycles. The highest BCUT2D eigenvalue weighted by molar-refractivity contribution is 8.18. The third-order valence-corrected chi connectivity index (χ3v) is 4.84. The molecule has 1 amide bonds. The first-order chi connectivity index (χ1) is 12.0. The summed E-state index contributed by atoms with van der Waals surface area (Å²) in [6.45, 7) is 1.96. The van der Waals surface area contributed by atoms with E-state index in [-0.39, 0.29) is 11.7 Å². The molecule has 25 heavy (non-hydrogen) atoms. The molecule has 6 heteroatoms. The van der Waals surface area contributed by atoms with Gasteiger partial charge >= 0.3 is 0 Å². The zero-order chi connectivity index (χ0) is 18.0. The number of halogens is 1. The van der Waals surface area contributed by atoms with Crippen LogP contribution in [-0.4, -0.2) is 30.1 Å². The molecule has 3 rings (SSSR count). The van der Waals surface area contributed by atoms with Gasteiger partial charge in [-0.2, -0.15) is 0 Å². The quantitative estimate of drug-likeness (QED) is 0.767. The SMILES string of the molecule is COc1cc(/C=C2/SC(=Nc3ccc(F)cc3)N(C)C2=O)ccc1C. The van der Waals surface area contributed by atoms with E-state index in [1.165, 1.54) is 28.8 Å². The number of carbonyl (C=O) groups is 1. The molecule has 0 N–H and O–H groups in total. The molecule has 0 aromatic heterocycles. The van der Waals surface area contributed by atoms with Crippen LogP contribution in [0.25, 0.3) is 6.08 Å². The molecule has 0 spiro atoms. The second-order valence-electron chi connectivity index (χ2n) is 5.57. The number of carbonyl (C=O) groups excluding carboxylic acids is 1. The van der Waals surface area contributed by atoms with E-state index in [2.05, 4.69) is 4.99 Å². The summed E-state index contributed by atoms with van der Waals surface area (Å²) in [5, 5.41) is 0.557. The van der Waals surface area contributed by atoms with Crippen molar-refractivity contribution < 1.29 is 13.9 Å². The monoisotopic (exact) mass is 356 g/mol. The third-order valence-electron chi connectivity index (χ3n) is 3.78. The molecule has 0 radical (unpaired) electrons. The lowest BCUT2D eigenvalue weighted by atomic mass is 10.1. The number of aryl methyl sites for hydroxylation is 1. The maximum atomic E-state index is 13.0. The first kappa shape index (κ1) is 17.2. The number of amidine groups is 1. The number of amides is 1.